The monoisotopic (exact) mass is 352 g/mol. The zero-order valence-electron chi connectivity index (χ0n) is 14.4. The molecule has 0 fully saturated rings. The van der Waals surface area contributed by atoms with E-state index in [4.69, 9.17) is 4.74 Å². The maximum atomic E-state index is 12.8. The van der Waals surface area contributed by atoms with E-state index in [1.165, 1.54) is 0 Å². The molecule has 134 valence electrons. The molecule has 26 heavy (non-hydrogen) atoms. The highest BCUT2D eigenvalue weighted by atomic mass is 16.5. The molecule has 0 aliphatic heterocycles. The predicted octanol–water partition coefficient (Wildman–Crippen LogP) is 2.34. The number of carbonyl (C=O) groups is 1. The molecule has 0 aromatic carbocycles. The van der Waals surface area contributed by atoms with Crippen molar-refractivity contribution in [3.8, 4) is 5.82 Å². The van der Waals surface area contributed by atoms with Gasteiger partial charge in [-0.3, -0.25) is 4.98 Å². The molecule has 3 aromatic heterocycles. The molecule has 3 rings (SSSR count). The number of hydrogen-bond acceptors (Lipinski definition) is 5. The largest absolute Gasteiger partial charge is 0.383 e. The van der Waals surface area contributed by atoms with Gasteiger partial charge in [0.2, 0.25) is 0 Å². The normalized spacial score (nSPS) is 10.5. The molecule has 3 aromatic rings. The Labute approximate surface area is 151 Å². The first-order chi connectivity index (χ1) is 12.8. The summed E-state index contributed by atoms with van der Waals surface area (Å²) < 4.78 is 6.73. The minimum absolute atomic E-state index is 0.255. The third-order valence-electron chi connectivity index (χ3n) is 3.68. The predicted molar refractivity (Wildman–Crippen MR) is 96.9 cm³/mol. The van der Waals surface area contributed by atoms with Gasteiger partial charge in [-0.25, -0.2) is 14.5 Å². The molecule has 0 unspecified atom stereocenters. The summed E-state index contributed by atoms with van der Waals surface area (Å²) in [6.45, 7) is 1.25. The van der Waals surface area contributed by atoms with Crippen LogP contribution in [0.15, 0.2) is 61.2 Å². The number of amides is 2. The number of anilines is 1. The van der Waals surface area contributed by atoms with Crippen LogP contribution in [0.2, 0.25) is 0 Å². The Hall–Kier alpha value is -3.26. The van der Waals surface area contributed by atoms with Gasteiger partial charge in [0.25, 0.3) is 0 Å². The van der Waals surface area contributed by atoms with Crippen molar-refractivity contribution in [3.05, 3.63) is 66.9 Å². The van der Waals surface area contributed by atoms with E-state index in [0.717, 1.165) is 5.69 Å². The van der Waals surface area contributed by atoms with Gasteiger partial charge >= 0.3 is 6.03 Å². The average Bonchev–Trinajstić information content (AvgIpc) is 3.21. The minimum Gasteiger partial charge on any atom is -0.383 e. The number of nitrogens with one attached hydrogen (secondary N) is 1. The maximum Gasteiger partial charge on any atom is 0.322 e. The van der Waals surface area contributed by atoms with E-state index in [1.807, 2.05) is 18.2 Å². The Morgan fingerprint density at radius 2 is 2.04 bits per heavy atom. The first-order valence-electron chi connectivity index (χ1n) is 8.17. The van der Waals surface area contributed by atoms with Crippen molar-refractivity contribution in [1.29, 1.82) is 0 Å². The molecule has 0 saturated heterocycles. The van der Waals surface area contributed by atoms with Crippen molar-refractivity contribution in [1.82, 2.24) is 24.6 Å². The number of urea groups is 1. The Kier molecular flexibility index (Phi) is 5.89. The molecule has 8 nitrogen and oxygen atoms in total. The van der Waals surface area contributed by atoms with E-state index < -0.39 is 0 Å². The van der Waals surface area contributed by atoms with E-state index in [1.54, 1.807) is 59.7 Å². The molecule has 0 atom stereocenters. The number of aromatic nitrogens is 4. The van der Waals surface area contributed by atoms with E-state index >= 15 is 0 Å². The summed E-state index contributed by atoms with van der Waals surface area (Å²) in [6, 6.07) is 10.7. The van der Waals surface area contributed by atoms with Gasteiger partial charge in [0.05, 0.1) is 24.5 Å². The van der Waals surface area contributed by atoms with Crippen LogP contribution in [-0.2, 0) is 11.3 Å². The summed E-state index contributed by atoms with van der Waals surface area (Å²) in [7, 11) is 1.60. The summed E-state index contributed by atoms with van der Waals surface area (Å²) in [4.78, 5) is 23.1. The molecule has 0 aliphatic carbocycles. The fraction of sp³-hybridized carbons (Fsp3) is 0.222. The number of methoxy groups -OCH3 is 1. The van der Waals surface area contributed by atoms with Gasteiger partial charge in [0.1, 0.15) is 0 Å². The van der Waals surface area contributed by atoms with Crippen LogP contribution in [0.4, 0.5) is 10.5 Å². The van der Waals surface area contributed by atoms with Gasteiger partial charge < -0.3 is 15.0 Å². The summed E-state index contributed by atoms with van der Waals surface area (Å²) in [5, 5.41) is 7.08. The van der Waals surface area contributed by atoms with Gasteiger partial charge in [-0.1, -0.05) is 6.07 Å². The molecule has 0 bridgehead atoms. The van der Waals surface area contributed by atoms with Crippen LogP contribution in [0.3, 0.4) is 0 Å². The lowest BCUT2D eigenvalue weighted by Gasteiger charge is -2.23. The van der Waals surface area contributed by atoms with Crippen molar-refractivity contribution in [3.63, 3.8) is 0 Å². The van der Waals surface area contributed by atoms with Gasteiger partial charge in [0, 0.05) is 38.4 Å². The smallest absolute Gasteiger partial charge is 0.322 e. The molecule has 0 radical (unpaired) electrons. The van der Waals surface area contributed by atoms with Crippen molar-refractivity contribution < 1.29 is 9.53 Å². The lowest BCUT2D eigenvalue weighted by molar-refractivity contribution is 0.152. The highest BCUT2D eigenvalue weighted by Crippen LogP contribution is 2.17. The van der Waals surface area contributed by atoms with Crippen LogP contribution in [-0.4, -0.2) is 50.9 Å². The maximum absolute atomic E-state index is 12.8. The third kappa shape index (κ3) is 4.42. The Morgan fingerprint density at radius 1 is 1.15 bits per heavy atom. The average molecular weight is 352 g/mol. The van der Waals surface area contributed by atoms with Gasteiger partial charge in [0.15, 0.2) is 5.82 Å². The fourth-order valence-electron chi connectivity index (χ4n) is 2.41. The minimum atomic E-state index is -0.255. The Morgan fingerprint density at radius 3 is 2.77 bits per heavy atom. The number of carbonyl (C=O) groups excluding carboxylic acids is 1. The first-order valence-corrected chi connectivity index (χ1v) is 8.17. The number of nitrogens with zero attached hydrogens (tertiary/aromatic N) is 5. The van der Waals surface area contributed by atoms with E-state index in [-0.39, 0.29) is 6.03 Å². The molecule has 8 heteroatoms. The van der Waals surface area contributed by atoms with Crippen LogP contribution >= 0.6 is 0 Å². The van der Waals surface area contributed by atoms with Crippen LogP contribution in [0.5, 0.6) is 0 Å². The van der Waals surface area contributed by atoms with Gasteiger partial charge in [-0.05, 0) is 30.3 Å². The van der Waals surface area contributed by atoms with E-state index in [2.05, 4.69) is 20.4 Å². The second-order valence-electron chi connectivity index (χ2n) is 5.49. The standard InChI is InChI=1S/C18H20N6O2/c1-26-13-12-23(14-15-6-2-3-8-19-15)18(25)22-16-7-4-9-20-17(16)24-11-5-10-21-24/h2-11H,12-14H2,1H3,(H,22,25). The molecule has 3 heterocycles. The van der Waals surface area contributed by atoms with Crippen molar-refractivity contribution in [2.24, 2.45) is 0 Å². The quantitative estimate of drug-likeness (QED) is 0.705. The molecule has 0 aliphatic rings. The fourth-order valence-corrected chi connectivity index (χ4v) is 2.41. The second-order valence-corrected chi connectivity index (χ2v) is 5.49. The first kappa shape index (κ1) is 17.6. The van der Waals surface area contributed by atoms with Crippen LogP contribution in [0.1, 0.15) is 5.69 Å². The molecular weight excluding hydrogens is 332 g/mol. The molecule has 1 N–H and O–H groups in total. The molecular formula is C18H20N6O2. The zero-order valence-corrected chi connectivity index (χ0v) is 14.4. The number of hydrogen-bond donors (Lipinski definition) is 1. The summed E-state index contributed by atoms with van der Waals surface area (Å²) >= 11 is 0. The number of pyridine rings is 2. The SMILES string of the molecule is COCCN(Cc1ccccn1)C(=O)Nc1cccnc1-n1cccn1. The molecule has 0 spiro atoms. The zero-order chi connectivity index (χ0) is 18.2. The number of rotatable bonds is 7. The summed E-state index contributed by atoms with van der Waals surface area (Å²) in [5.41, 5.74) is 1.38. The second kappa shape index (κ2) is 8.72. The van der Waals surface area contributed by atoms with Gasteiger partial charge in [-0.2, -0.15) is 5.10 Å². The van der Waals surface area contributed by atoms with Crippen molar-refractivity contribution in [2.75, 3.05) is 25.6 Å². The Bertz CT molecular complexity index is 823. The number of ether oxygens (including phenoxy) is 1. The van der Waals surface area contributed by atoms with E-state index in [0.29, 0.717) is 31.2 Å². The van der Waals surface area contributed by atoms with E-state index in [9.17, 15) is 4.79 Å². The molecule has 0 saturated carbocycles. The van der Waals surface area contributed by atoms with Gasteiger partial charge in [-0.15, -0.1) is 0 Å². The Balaban J connectivity index is 1.77. The lowest BCUT2D eigenvalue weighted by atomic mass is 10.3. The highest BCUT2D eigenvalue weighted by molar-refractivity contribution is 5.91. The topological polar surface area (TPSA) is 85.2 Å². The van der Waals surface area contributed by atoms with Crippen LogP contribution < -0.4 is 5.32 Å². The van der Waals surface area contributed by atoms with Crippen molar-refractivity contribution >= 4 is 11.7 Å². The summed E-state index contributed by atoms with van der Waals surface area (Å²) in [6.07, 6.45) is 6.79. The van der Waals surface area contributed by atoms with Crippen molar-refractivity contribution in [2.45, 2.75) is 6.54 Å². The lowest BCUT2D eigenvalue weighted by Crippen LogP contribution is -2.37. The highest BCUT2D eigenvalue weighted by Gasteiger charge is 2.17. The molecule has 2 amide bonds. The van der Waals surface area contributed by atoms with Crippen LogP contribution in [0.25, 0.3) is 5.82 Å². The summed E-state index contributed by atoms with van der Waals surface area (Å²) in [5.74, 6) is 0.551. The van der Waals surface area contributed by atoms with Crippen LogP contribution in [0, 0.1) is 0 Å². The third-order valence-corrected chi connectivity index (χ3v) is 3.68.